The van der Waals surface area contributed by atoms with Crippen molar-refractivity contribution in [3.05, 3.63) is 77.4 Å². The molecular formula is C24H23N7. The Kier molecular flexibility index (Phi) is 4.60. The van der Waals surface area contributed by atoms with E-state index in [9.17, 15) is 0 Å². The standard InChI is InChI=1S/C24H23N7/c1-14-10-20-21(11-15(14)2)29-24(30-25)12-19(28-20)17-4-6-18(7-5-17)31-16(3)27-22-13-26-9-8-23(22)31/h4-11,13H,12,25H2,1-3H3,(H,29,30). The fourth-order valence-corrected chi connectivity index (χ4v) is 3.92. The van der Waals surface area contributed by atoms with Gasteiger partial charge < -0.3 is 5.43 Å². The van der Waals surface area contributed by atoms with Gasteiger partial charge in [-0.1, -0.05) is 12.1 Å². The molecule has 4 aromatic rings. The first-order valence-corrected chi connectivity index (χ1v) is 10.2. The highest BCUT2D eigenvalue weighted by Gasteiger charge is 2.16. The Morgan fingerprint density at radius 3 is 2.35 bits per heavy atom. The van der Waals surface area contributed by atoms with Gasteiger partial charge in [0.15, 0.2) is 0 Å². The van der Waals surface area contributed by atoms with E-state index in [2.05, 4.69) is 75.2 Å². The van der Waals surface area contributed by atoms with Crippen LogP contribution in [0.15, 0.2) is 64.8 Å². The molecule has 2 aromatic carbocycles. The zero-order valence-corrected chi connectivity index (χ0v) is 17.7. The van der Waals surface area contributed by atoms with Crippen LogP contribution in [-0.2, 0) is 0 Å². The van der Waals surface area contributed by atoms with Crippen LogP contribution >= 0.6 is 0 Å². The molecule has 0 unspecified atom stereocenters. The second kappa shape index (κ2) is 7.45. The molecule has 3 heterocycles. The number of nitrogens with zero attached hydrogens (tertiary/aromatic N) is 5. The zero-order valence-electron chi connectivity index (χ0n) is 17.7. The van der Waals surface area contributed by atoms with E-state index in [-0.39, 0.29) is 0 Å². The number of imidazole rings is 1. The molecule has 0 aliphatic carbocycles. The number of rotatable bonds is 2. The predicted octanol–water partition coefficient (Wildman–Crippen LogP) is 4.36. The predicted molar refractivity (Wildman–Crippen MR) is 125 cm³/mol. The Labute approximate surface area is 180 Å². The number of aliphatic imine (C=N–C) groups is 2. The molecule has 7 heteroatoms. The van der Waals surface area contributed by atoms with E-state index in [0.717, 1.165) is 45.2 Å². The minimum atomic E-state index is 0.529. The van der Waals surface area contributed by atoms with Crippen molar-refractivity contribution in [1.82, 2.24) is 20.0 Å². The fourth-order valence-electron chi connectivity index (χ4n) is 3.92. The largest absolute Gasteiger partial charge is 0.312 e. The number of nitrogens with two attached hydrogens (primary N) is 1. The van der Waals surface area contributed by atoms with Gasteiger partial charge in [0.05, 0.1) is 28.8 Å². The van der Waals surface area contributed by atoms with Crippen LogP contribution in [0.2, 0.25) is 0 Å². The lowest BCUT2D eigenvalue weighted by molar-refractivity contribution is 1.000. The van der Waals surface area contributed by atoms with Gasteiger partial charge in [-0.2, -0.15) is 0 Å². The topological polar surface area (TPSA) is 93.5 Å². The van der Waals surface area contributed by atoms with Crippen LogP contribution < -0.4 is 11.3 Å². The maximum Gasteiger partial charge on any atom is 0.122 e. The molecule has 1 aliphatic heterocycles. The van der Waals surface area contributed by atoms with Gasteiger partial charge in [-0.15, -0.1) is 0 Å². The molecule has 154 valence electrons. The summed E-state index contributed by atoms with van der Waals surface area (Å²) in [5, 5.41) is 0. The Balaban J connectivity index is 1.57. The monoisotopic (exact) mass is 409 g/mol. The lowest BCUT2D eigenvalue weighted by atomic mass is 10.1. The fraction of sp³-hybridized carbons (Fsp3) is 0.167. The van der Waals surface area contributed by atoms with Crippen molar-refractivity contribution in [2.75, 3.05) is 0 Å². The molecular weight excluding hydrogens is 386 g/mol. The molecule has 0 bridgehead atoms. The van der Waals surface area contributed by atoms with E-state index in [1.54, 1.807) is 12.4 Å². The van der Waals surface area contributed by atoms with E-state index < -0.39 is 0 Å². The summed E-state index contributed by atoms with van der Waals surface area (Å²) >= 11 is 0. The molecule has 2 aromatic heterocycles. The quantitative estimate of drug-likeness (QED) is 0.380. The van der Waals surface area contributed by atoms with Gasteiger partial charge in [-0.25, -0.2) is 15.8 Å². The number of benzene rings is 2. The van der Waals surface area contributed by atoms with Crippen LogP contribution in [0.1, 0.15) is 28.9 Å². The van der Waals surface area contributed by atoms with Crippen molar-refractivity contribution in [1.29, 1.82) is 0 Å². The Morgan fingerprint density at radius 2 is 1.65 bits per heavy atom. The van der Waals surface area contributed by atoms with Crippen LogP contribution in [0.3, 0.4) is 0 Å². The van der Waals surface area contributed by atoms with Crippen molar-refractivity contribution in [3.8, 4) is 5.69 Å². The summed E-state index contributed by atoms with van der Waals surface area (Å²) < 4.78 is 2.13. The second-order valence-corrected chi connectivity index (χ2v) is 7.77. The van der Waals surface area contributed by atoms with Gasteiger partial charge >= 0.3 is 0 Å². The number of hydrazine groups is 1. The van der Waals surface area contributed by atoms with E-state index in [4.69, 9.17) is 10.8 Å². The summed E-state index contributed by atoms with van der Waals surface area (Å²) in [6, 6.07) is 14.5. The third-order valence-corrected chi connectivity index (χ3v) is 5.69. The van der Waals surface area contributed by atoms with Gasteiger partial charge in [0, 0.05) is 18.3 Å². The van der Waals surface area contributed by atoms with Gasteiger partial charge in [-0.05, 0) is 67.8 Å². The molecule has 0 saturated heterocycles. The molecule has 31 heavy (non-hydrogen) atoms. The highest BCUT2D eigenvalue weighted by atomic mass is 15.3. The second-order valence-electron chi connectivity index (χ2n) is 7.77. The third-order valence-electron chi connectivity index (χ3n) is 5.69. The SMILES string of the molecule is Cc1cc2c(cc1C)N=C(c1ccc(-n3c(C)nc4cnccc43)cc1)CC(NN)=N2. The first-order valence-electron chi connectivity index (χ1n) is 10.2. The van der Waals surface area contributed by atoms with Crippen molar-refractivity contribution in [2.45, 2.75) is 27.2 Å². The molecule has 7 nitrogen and oxygen atoms in total. The lowest BCUT2D eigenvalue weighted by Gasteiger charge is -2.10. The maximum absolute atomic E-state index is 5.74. The highest BCUT2D eigenvalue weighted by Crippen LogP contribution is 2.34. The Hall–Kier alpha value is -3.84. The first-order chi connectivity index (χ1) is 15.0. The molecule has 5 rings (SSSR count). The smallest absolute Gasteiger partial charge is 0.122 e. The summed E-state index contributed by atoms with van der Waals surface area (Å²) in [6.07, 6.45) is 4.10. The van der Waals surface area contributed by atoms with E-state index >= 15 is 0 Å². The molecule has 1 aliphatic rings. The maximum atomic E-state index is 5.74. The zero-order chi connectivity index (χ0) is 21.5. The summed E-state index contributed by atoms with van der Waals surface area (Å²) in [7, 11) is 0. The van der Waals surface area contributed by atoms with Gasteiger partial charge in [-0.3, -0.25) is 14.5 Å². The average Bonchev–Trinajstić information content (AvgIpc) is 3.00. The molecule has 0 saturated carbocycles. The van der Waals surface area contributed by atoms with Crippen LogP contribution in [0.4, 0.5) is 11.4 Å². The lowest BCUT2D eigenvalue weighted by Crippen LogP contribution is -2.31. The summed E-state index contributed by atoms with van der Waals surface area (Å²) in [6.45, 7) is 6.16. The van der Waals surface area contributed by atoms with Crippen LogP contribution in [0.5, 0.6) is 0 Å². The van der Waals surface area contributed by atoms with Crippen molar-refractivity contribution in [3.63, 3.8) is 0 Å². The number of pyridine rings is 1. The Bertz CT molecular complexity index is 1360. The van der Waals surface area contributed by atoms with Gasteiger partial charge in [0.25, 0.3) is 0 Å². The molecule has 0 amide bonds. The van der Waals surface area contributed by atoms with E-state index in [1.165, 1.54) is 11.1 Å². The summed E-state index contributed by atoms with van der Waals surface area (Å²) in [5.74, 6) is 7.35. The van der Waals surface area contributed by atoms with Crippen LogP contribution in [-0.4, -0.2) is 26.1 Å². The van der Waals surface area contributed by atoms with Crippen LogP contribution in [0.25, 0.3) is 16.7 Å². The number of nitrogens with one attached hydrogen (secondary N) is 1. The molecule has 0 radical (unpaired) electrons. The number of hydrogen-bond acceptors (Lipinski definition) is 6. The first kappa shape index (κ1) is 19.1. The van der Waals surface area contributed by atoms with Gasteiger partial charge in [0.1, 0.15) is 17.2 Å². The van der Waals surface area contributed by atoms with E-state index in [1.807, 2.05) is 13.0 Å². The molecule has 3 N–H and O–H groups in total. The molecule has 0 atom stereocenters. The minimum Gasteiger partial charge on any atom is -0.312 e. The normalized spacial score (nSPS) is 13.4. The molecule has 0 spiro atoms. The minimum absolute atomic E-state index is 0.529. The van der Waals surface area contributed by atoms with Crippen LogP contribution in [0, 0.1) is 20.8 Å². The summed E-state index contributed by atoms with van der Waals surface area (Å²) in [5.41, 5.74) is 11.7. The molecule has 0 fully saturated rings. The average molecular weight is 409 g/mol. The van der Waals surface area contributed by atoms with E-state index in [0.29, 0.717) is 12.3 Å². The summed E-state index contributed by atoms with van der Waals surface area (Å²) in [4.78, 5) is 18.4. The van der Waals surface area contributed by atoms with Gasteiger partial charge in [0.2, 0.25) is 0 Å². The third kappa shape index (κ3) is 3.39. The highest BCUT2D eigenvalue weighted by molar-refractivity contribution is 6.14. The van der Waals surface area contributed by atoms with Crippen molar-refractivity contribution < 1.29 is 0 Å². The Morgan fingerprint density at radius 1 is 0.935 bits per heavy atom. The van der Waals surface area contributed by atoms with Crippen molar-refractivity contribution in [2.24, 2.45) is 15.8 Å². The van der Waals surface area contributed by atoms with Crippen molar-refractivity contribution >= 4 is 34.0 Å². The number of aromatic nitrogens is 3. The number of aryl methyl sites for hydroxylation is 3. The number of hydrogen-bond donors (Lipinski definition) is 2. The number of fused-ring (bicyclic) bond motifs is 2. The number of amidine groups is 1.